The second kappa shape index (κ2) is 8.00. The smallest absolute Gasteiger partial charge is 0.260 e. The minimum Gasteiger partial charge on any atom is -0.299 e. The summed E-state index contributed by atoms with van der Waals surface area (Å²) in [7, 11) is -3.61. The lowest BCUT2D eigenvalue weighted by Crippen LogP contribution is -2.41. The number of nitrogens with zero attached hydrogens (tertiary/aromatic N) is 4. The molecule has 1 aromatic carbocycles. The molecule has 0 N–H and O–H groups in total. The van der Waals surface area contributed by atoms with Crippen molar-refractivity contribution in [1.29, 1.82) is 5.26 Å². The van der Waals surface area contributed by atoms with Crippen molar-refractivity contribution in [3.8, 4) is 17.3 Å². The van der Waals surface area contributed by atoms with E-state index in [0.717, 1.165) is 25.1 Å². The van der Waals surface area contributed by atoms with Gasteiger partial charge in [0.05, 0.1) is 17.3 Å². The Morgan fingerprint density at radius 2 is 1.75 bits per heavy atom. The fourth-order valence-electron chi connectivity index (χ4n) is 4.08. The van der Waals surface area contributed by atoms with Gasteiger partial charge in [0.2, 0.25) is 0 Å². The Hall–Kier alpha value is -2.27. The van der Waals surface area contributed by atoms with Crippen LogP contribution in [0.25, 0.3) is 11.3 Å². The lowest BCUT2D eigenvalue weighted by molar-refractivity contribution is 0.169. The van der Waals surface area contributed by atoms with Crippen molar-refractivity contribution < 1.29 is 8.42 Å². The zero-order valence-electron chi connectivity index (χ0n) is 15.8. The summed E-state index contributed by atoms with van der Waals surface area (Å²) in [4.78, 5) is 6.87. The van der Waals surface area contributed by atoms with E-state index < -0.39 is 10.0 Å². The van der Waals surface area contributed by atoms with Crippen molar-refractivity contribution in [2.24, 2.45) is 0 Å². The van der Waals surface area contributed by atoms with Crippen LogP contribution in [-0.2, 0) is 10.0 Å². The minimum absolute atomic E-state index is 0.0913. The number of piperidine rings is 1. The third kappa shape index (κ3) is 3.81. The number of sulfonamides is 1. The molecule has 146 valence electrons. The number of hydrogen-bond acceptors (Lipinski definition) is 5. The molecule has 0 amide bonds. The molecular formula is C21H24N4O2S. The highest BCUT2D eigenvalue weighted by Crippen LogP contribution is 2.26. The monoisotopic (exact) mass is 396 g/mol. The Bertz CT molecular complexity index is 976. The Kier molecular flexibility index (Phi) is 5.44. The summed E-state index contributed by atoms with van der Waals surface area (Å²) in [6, 6.07) is 14.5. The van der Waals surface area contributed by atoms with E-state index in [1.54, 1.807) is 46.8 Å². The average molecular weight is 397 g/mol. The molecule has 0 saturated carbocycles. The maximum atomic E-state index is 13.1. The van der Waals surface area contributed by atoms with Gasteiger partial charge in [-0.15, -0.1) is 0 Å². The molecule has 1 aromatic heterocycles. The Morgan fingerprint density at radius 1 is 1.00 bits per heavy atom. The molecule has 2 aromatic rings. The van der Waals surface area contributed by atoms with Crippen LogP contribution in [0.15, 0.2) is 47.5 Å². The van der Waals surface area contributed by atoms with Gasteiger partial charge in [0.15, 0.2) is 5.03 Å². The van der Waals surface area contributed by atoms with E-state index in [9.17, 15) is 8.42 Å². The van der Waals surface area contributed by atoms with E-state index in [1.165, 1.54) is 19.3 Å². The zero-order chi connectivity index (χ0) is 19.6. The molecule has 2 saturated heterocycles. The van der Waals surface area contributed by atoms with Crippen LogP contribution in [0.3, 0.4) is 0 Å². The molecule has 1 unspecified atom stereocenters. The van der Waals surface area contributed by atoms with Crippen LogP contribution in [0.1, 0.15) is 31.2 Å². The Balaban J connectivity index is 1.53. The molecular weight excluding hydrogens is 372 g/mol. The van der Waals surface area contributed by atoms with E-state index in [1.807, 2.05) is 0 Å². The van der Waals surface area contributed by atoms with Gasteiger partial charge in [-0.25, -0.2) is 13.4 Å². The maximum absolute atomic E-state index is 13.1. The number of rotatable bonds is 4. The van der Waals surface area contributed by atoms with Gasteiger partial charge in [-0.2, -0.15) is 9.57 Å². The number of likely N-dealkylation sites (tertiary alicyclic amines) is 1. The maximum Gasteiger partial charge on any atom is 0.260 e. The summed E-state index contributed by atoms with van der Waals surface area (Å²) in [5.74, 6) is 0. The van der Waals surface area contributed by atoms with E-state index in [0.29, 0.717) is 30.4 Å². The van der Waals surface area contributed by atoms with E-state index >= 15 is 0 Å². The Labute approximate surface area is 166 Å². The van der Waals surface area contributed by atoms with Crippen LogP contribution in [-0.4, -0.2) is 54.8 Å². The zero-order valence-corrected chi connectivity index (χ0v) is 16.6. The van der Waals surface area contributed by atoms with Crippen LogP contribution in [0.2, 0.25) is 0 Å². The van der Waals surface area contributed by atoms with Crippen LogP contribution in [0.5, 0.6) is 0 Å². The molecule has 0 spiro atoms. The first-order valence-electron chi connectivity index (χ1n) is 9.80. The molecule has 0 bridgehead atoms. The fourth-order valence-corrected chi connectivity index (χ4v) is 5.52. The molecule has 0 radical (unpaired) electrons. The summed E-state index contributed by atoms with van der Waals surface area (Å²) in [5, 5.41) is 9.02. The van der Waals surface area contributed by atoms with Crippen molar-refractivity contribution in [3.63, 3.8) is 0 Å². The van der Waals surface area contributed by atoms with Crippen molar-refractivity contribution in [2.75, 3.05) is 26.2 Å². The number of aromatic nitrogens is 1. The largest absolute Gasteiger partial charge is 0.299 e. The molecule has 6 nitrogen and oxygen atoms in total. The van der Waals surface area contributed by atoms with Crippen LogP contribution < -0.4 is 0 Å². The predicted molar refractivity (Wildman–Crippen MR) is 107 cm³/mol. The number of nitriles is 1. The Morgan fingerprint density at radius 3 is 2.46 bits per heavy atom. The van der Waals surface area contributed by atoms with Gasteiger partial charge < -0.3 is 0 Å². The molecule has 2 aliphatic rings. The third-order valence-corrected chi connectivity index (χ3v) is 7.44. The van der Waals surface area contributed by atoms with Gasteiger partial charge in [-0.05, 0) is 56.6 Å². The summed E-state index contributed by atoms with van der Waals surface area (Å²) in [6.45, 7) is 3.24. The first-order chi connectivity index (χ1) is 13.6. The highest BCUT2D eigenvalue weighted by molar-refractivity contribution is 7.89. The second-order valence-electron chi connectivity index (χ2n) is 7.45. The van der Waals surface area contributed by atoms with Crippen molar-refractivity contribution >= 4 is 10.0 Å². The lowest BCUT2D eigenvalue weighted by Gasteiger charge is -2.32. The first-order valence-corrected chi connectivity index (χ1v) is 11.2. The van der Waals surface area contributed by atoms with Crippen LogP contribution >= 0.6 is 0 Å². The molecule has 2 fully saturated rings. The van der Waals surface area contributed by atoms with E-state index in [2.05, 4.69) is 16.0 Å². The number of benzene rings is 1. The SMILES string of the molecule is N#Cc1ccc(-c2cccc(S(=O)(=O)N3CCC(N4CCCCC4)C3)n2)cc1. The van der Waals surface area contributed by atoms with Gasteiger partial charge in [0.25, 0.3) is 10.0 Å². The van der Waals surface area contributed by atoms with Crippen molar-refractivity contribution in [2.45, 2.75) is 36.8 Å². The van der Waals surface area contributed by atoms with Crippen LogP contribution in [0.4, 0.5) is 0 Å². The summed E-state index contributed by atoms with van der Waals surface area (Å²) < 4.78 is 27.9. The van der Waals surface area contributed by atoms with E-state index in [-0.39, 0.29) is 5.03 Å². The first kappa shape index (κ1) is 19.1. The van der Waals surface area contributed by atoms with Gasteiger partial charge in [-0.1, -0.05) is 24.6 Å². The number of hydrogen-bond donors (Lipinski definition) is 0. The standard InChI is InChI=1S/C21H24N4O2S/c22-15-17-7-9-18(10-8-17)20-5-4-6-21(23-20)28(26,27)25-14-11-19(16-25)24-12-2-1-3-13-24/h4-10,19H,1-3,11-14,16H2. The van der Waals surface area contributed by atoms with E-state index in [4.69, 9.17) is 5.26 Å². The van der Waals surface area contributed by atoms with Gasteiger partial charge in [-0.3, -0.25) is 4.90 Å². The topological polar surface area (TPSA) is 77.3 Å². The molecule has 4 rings (SSSR count). The summed E-state index contributed by atoms with van der Waals surface area (Å²) >= 11 is 0. The molecule has 7 heteroatoms. The molecule has 2 aliphatic heterocycles. The normalized spacial score (nSPS) is 21.5. The van der Waals surface area contributed by atoms with Gasteiger partial charge >= 0.3 is 0 Å². The van der Waals surface area contributed by atoms with Crippen molar-refractivity contribution in [1.82, 2.24) is 14.2 Å². The second-order valence-corrected chi connectivity index (χ2v) is 9.34. The highest BCUT2D eigenvalue weighted by atomic mass is 32.2. The average Bonchev–Trinajstić information content (AvgIpc) is 3.26. The molecule has 3 heterocycles. The molecule has 28 heavy (non-hydrogen) atoms. The van der Waals surface area contributed by atoms with Gasteiger partial charge in [0, 0.05) is 24.7 Å². The van der Waals surface area contributed by atoms with Gasteiger partial charge in [0.1, 0.15) is 0 Å². The van der Waals surface area contributed by atoms with Crippen LogP contribution in [0, 0.1) is 11.3 Å². The minimum atomic E-state index is -3.61. The molecule has 0 aliphatic carbocycles. The quantitative estimate of drug-likeness (QED) is 0.794. The fraction of sp³-hybridized carbons (Fsp3) is 0.429. The summed E-state index contributed by atoms with van der Waals surface area (Å²) in [5.41, 5.74) is 1.95. The number of pyridine rings is 1. The third-order valence-electron chi connectivity index (χ3n) is 5.67. The predicted octanol–water partition coefficient (Wildman–Crippen LogP) is 2.87. The van der Waals surface area contributed by atoms with Crippen molar-refractivity contribution in [3.05, 3.63) is 48.0 Å². The lowest BCUT2D eigenvalue weighted by atomic mass is 10.1. The highest BCUT2D eigenvalue weighted by Gasteiger charge is 2.36. The summed E-state index contributed by atoms with van der Waals surface area (Å²) in [6.07, 6.45) is 4.57. The molecule has 1 atom stereocenters.